The fourth-order valence-corrected chi connectivity index (χ4v) is 2.75. The van der Waals surface area contributed by atoms with Crippen molar-refractivity contribution in [1.29, 1.82) is 0 Å². The van der Waals surface area contributed by atoms with E-state index in [1.807, 2.05) is 31.5 Å². The molecule has 5 nitrogen and oxygen atoms in total. The summed E-state index contributed by atoms with van der Waals surface area (Å²) in [4.78, 5) is 15.6. The number of pyridine rings is 1. The first-order chi connectivity index (χ1) is 10.6. The number of fused-ring (bicyclic) bond motifs is 1. The molecular weight excluding hydrogens is 274 g/mol. The van der Waals surface area contributed by atoms with Crippen molar-refractivity contribution in [2.45, 2.75) is 33.4 Å². The molecule has 0 radical (unpaired) electrons. The molecule has 22 heavy (non-hydrogen) atoms. The van der Waals surface area contributed by atoms with E-state index in [0.717, 1.165) is 35.1 Å². The molecule has 0 aliphatic carbocycles. The average molecular weight is 295 g/mol. The van der Waals surface area contributed by atoms with Crippen LogP contribution in [0.2, 0.25) is 0 Å². The average Bonchev–Trinajstić information content (AvgIpc) is 2.90. The van der Waals surface area contributed by atoms with Crippen LogP contribution in [-0.2, 0) is 6.54 Å². The third-order valence-electron chi connectivity index (χ3n) is 4.05. The zero-order chi connectivity index (χ0) is 15.7. The highest BCUT2D eigenvalue weighted by Gasteiger charge is 2.16. The number of imidazole rings is 1. The van der Waals surface area contributed by atoms with Crippen LogP contribution < -0.4 is 0 Å². The lowest BCUT2D eigenvalue weighted by molar-refractivity contribution is 0.245. The van der Waals surface area contributed by atoms with Crippen LogP contribution in [0.3, 0.4) is 0 Å². The number of rotatable bonds is 4. The molecule has 0 amide bonds. The maximum absolute atomic E-state index is 4.49. The predicted octanol–water partition coefficient (Wildman–Crippen LogP) is 2.93. The van der Waals surface area contributed by atoms with Gasteiger partial charge in [-0.3, -0.25) is 14.3 Å². The van der Waals surface area contributed by atoms with E-state index >= 15 is 0 Å². The van der Waals surface area contributed by atoms with E-state index in [1.54, 1.807) is 0 Å². The van der Waals surface area contributed by atoms with Gasteiger partial charge in [0.25, 0.3) is 0 Å². The Bertz CT molecular complexity index is 778. The molecule has 0 saturated heterocycles. The Balaban J connectivity index is 1.87. The molecule has 0 N–H and O–H groups in total. The standard InChI is InChI=1S/C17H21N5/c1-12-9-13(2)22-15(10-19-17(22)20-12)11-21(4)14(3)16-7-5-6-8-18-16/h5-10,14H,11H2,1-4H3/t14-/m1/s1. The summed E-state index contributed by atoms with van der Waals surface area (Å²) in [5, 5.41) is 0. The second-order valence-electron chi connectivity index (χ2n) is 5.77. The predicted molar refractivity (Wildman–Crippen MR) is 86.6 cm³/mol. The van der Waals surface area contributed by atoms with Crippen molar-refractivity contribution in [2.75, 3.05) is 7.05 Å². The molecule has 1 atom stereocenters. The van der Waals surface area contributed by atoms with Gasteiger partial charge in [-0.2, -0.15) is 0 Å². The summed E-state index contributed by atoms with van der Waals surface area (Å²) in [5.41, 5.74) is 4.38. The lowest BCUT2D eigenvalue weighted by atomic mass is 10.2. The minimum Gasteiger partial charge on any atom is -0.292 e. The molecule has 0 unspecified atom stereocenters. The lowest BCUT2D eigenvalue weighted by Crippen LogP contribution is -2.23. The Labute approximate surface area is 130 Å². The third kappa shape index (κ3) is 2.72. The molecule has 3 aromatic rings. The Hall–Kier alpha value is -2.27. The number of aryl methyl sites for hydroxylation is 2. The third-order valence-corrected chi connectivity index (χ3v) is 4.05. The van der Waals surface area contributed by atoms with Crippen molar-refractivity contribution >= 4 is 5.78 Å². The Morgan fingerprint density at radius 2 is 2.05 bits per heavy atom. The quantitative estimate of drug-likeness (QED) is 0.742. The van der Waals surface area contributed by atoms with Gasteiger partial charge in [0.2, 0.25) is 5.78 Å². The Kier molecular flexibility index (Phi) is 3.90. The highest BCUT2D eigenvalue weighted by atomic mass is 15.2. The second kappa shape index (κ2) is 5.85. The maximum atomic E-state index is 4.49. The van der Waals surface area contributed by atoms with Crippen LogP contribution in [0.1, 0.15) is 35.7 Å². The summed E-state index contributed by atoms with van der Waals surface area (Å²) >= 11 is 0. The first-order valence-corrected chi connectivity index (χ1v) is 7.48. The summed E-state index contributed by atoms with van der Waals surface area (Å²) in [6.07, 6.45) is 3.75. The van der Waals surface area contributed by atoms with Crippen molar-refractivity contribution in [3.63, 3.8) is 0 Å². The Morgan fingerprint density at radius 3 is 2.77 bits per heavy atom. The van der Waals surface area contributed by atoms with E-state index in [4.69, 9.17) is 0 Å². The van der Waals surface area contributed by atoms with Gasteiger partial charge in [0.1, 0.15) is 0 Å². The smallest absolute Gasteiger partial charge is 0.234 e. The number of aromatic nitrogens is 4. The summed E-state index contributed by atoms with van der Waals surface area (Å²) in [6.45, 7) is 7.05. The molecule has 0 fully saturated rings. The topological polar surface area (TPSA) is 46.3 Å². The highest BCUT2D eigenvalue weighted by Crippen LogP contribution is 2.19. The maximum Gasteiger partial charge on any atom is 0.234 e. The van der Waals surface area contributed by atoms with Crippen LogP contribution >= 0.6 is 0 Å². The van der Waals surface area contributed by atoms with E-state index in [9.17, 15) is 0 Å². The molecule has 0 saturated carbocycles. The van der Waals surface area contributed by atoms with Gasteiger partial charge in [-0.25, -0.2) is 9.97 Å². The van der Waals surface area contributed by atoms with E-state index < -0.39 is 0 Å². The van der Waals surface area contributed by atoms with Gasteiger partial charge in [0.15, 0.2) is 0 Å². The molecule has 0 bridgehead atoms. The molecule has 3 heterocycles. The Morgan fingerprint density at radius 1 is 1.23 bits per heavy atom. The zero-order valence-electron chi connectivity index (χ0n) is 13.5. The minimum atomic E-state index is 0.241. The van der Waals surface area contributed by atoms with Gasteiger partial charge < -0.3 is 0 Å². The van der Waals surface area contributed by atoms with Crippen LogP contribution in [0, 0.1) is 13.8 Å². The normalized spacial score (nSPS) is 13.0. The molecule has 3 aromatic heterocycles. The molecule has 114 valence electrons. The molecule has 5 heteroatoms. The summed E-state index contributed by atoms with van der Waals surface area (Å²) < 4.78 is 2.12. The van der Waals surface area contributed by atoms with Gasteiger partial charge in [0.05, 0.1) is 17.6 Å². The van der Waals surface area contributed by atoms with Crippen molar-refractivity contribution < 1.29 is 0 Å². The van der Waals surface area contributed by atoms with E-state index in [1.165, 1.54) is 0 Å². The largest absolute Gasteiger partial charge is 0.292 e. The number of hydrogen-bond donors (Lipinski definition) is 0. The summed E-state index contributed by atoms with van der Waals surface area (Å²) in [7, 11) is 2.11. The van der Waals surface area contributed by atoms with Crippen molar-refractivity contribution in [2.24, 2.45) is 0 Å². The molecular formula is C17H21N5. The van der Waals surface area contributed by atoms with Crippen LogP contribution in [0.25, 0.3) is 5.78 Å². The van der Waals surface area contributed by atoms with Gasteiger partial charge in [-0.05, 0) is 46.0 Å². The van der Waals surface area contributed by atoms with Crippen LogP contribution in [0.5, 0.6) is 0 Å². The number of hydrogen-bond acceptors (Lipinski definition) is 4. The van der Waals surface area contributed by atoms with Gasteiger partial charge in [-0.15, -0.1) is 0 Å². The molecule has 0 aliphatic rings. The van der Waals surface area contributed by atoms with E-state index in [0.29, 0.717) is 0 Å². The van der Waals surface area contributed by atoms with E-state index in [2.05, 4.69) is 57.3 Å². The van der Waals surface area contributed by atoms with Crippen molar-refractivity contribution in [1.82, 2.24) is 24.3 Å². The molecule has 0 spiro atoms. The summed E-state index contributed by atoms with van der Waals surface area (Å²) in [5.74, 6) is 0.770. The summed E-state index contributed by atoms with van der Waals surface area (Å²) in [6, 6.07) is 8.35. The van der Waals surface area contributed by atoms with Gasteiger partial charge >= 0.3 is 0 Å². The first-order valence-electron chi connectivity index (χ1n) is 7.48. The lowest BCUT2D eigenvalue weighted by Gasteiger charge is -2.24. The van der Waals surface area contributed by atoms with Crippen LogP contribution in [-0.4, -0.2) is 31.3 Å². The minimum absolute atomic E-state index is 0.241. The van der Waals surface area contributed by atoms with Gasteiger partial charge in [-0.1, -0.05) is 6.07 Å². The van der Waals surface area contributed by atoms with Crippen molar-refractivity contribution in [3.8, 4) is 0 Å². The number of nitrogens with zero attached hydrogens (tertiary/aromatic N) is 5. The molecule has 3 rings (SSSR count). The fourth-order valence-electron chi connectivity index (χ4n) is 2.75. The zero-order valence-corrected chi connectivity index (χ0v) is 13.5. The molecule has 0 aliphatic heterocycles. The first kappa shape index (κ1) is 14.7. The second-order valence-corrected chi connectivity index (χ2v) is 5.77. The van der Waals surface area contributed by atoms with Crippen LogP contribution in [0.15, 0.2) is 36.7 Å². The SMILES string of the molecule is Cc1cc(C)n2c(CN(C)[C@H](C)c3ccccn3)cnc2n1. The van der Waals surface area contributed by atoms with Crippen molar-refractivity contribution in [3.05, 3.63) is 59.4 Å². The van der Waals surface area contributed by atoms with E-state index in [-0.39, 0.29) is 6.04 Å². The van der Waals surface area contributed by atoms with Gasteiger partial charge in [0, 0.05) is 30.2 Å². The fraction of sp³-hybridized carbons (Fsp3) is 0.353. The van der Waals surface area contributed by atoms with Crippen LogP contribution in [0.4, 0.5) is 0 Å². The highest BCUT2D eigenvalue weighted by molar-refractivity contribution is 5.35. The molecule has 0 aromatic carbocycles. The monoisotopic (exact) mass is 295 g/mol.